The molecule has 34 heavy (non-hydrogen) atoms. The molecule has 0 radical (unpaired) electrons. The van der Waals surface area contributed by atoms with Gasteiger partial charge in [0.25, 0.3) is 0 Å². The van der Waals surface area contributed by atoms with Crippen LogP contribution in [0.3, 0.4) is 0 Å². The third kappa shape index (κ3) is 5.02. The molecule has 0 amide bonds. The Morgan fingerprint density at radius 3 is 2.50 bits per heavy atom. The van der Waals surface area contributed by atoms with E-state index in [1.165, 1.54) is 12.1 Å². The number of aromatic nitrogens is 4. The van der Waals surface area contributed by atoms with Gasteiger partial charge in [-0.3, -0.25) is 0 Å². The van der Waals surface area contributed by atoms with Crippen LogP contribution in [-0.4, -0.2) is 32.6 Å². The molecule has 0 saturated carbocycles. The highest BCUT2D eigenvalue weighted by molar-refractivity contribution is 6.39. The number of aryl methyl sites for hydroxylation is 1. The number of rotatable bonds is 7. The van der Waals surface area contributed by atoms with E-state index in [9.17, 15) is 4.39 Å². The van der Waals surface area contributed by atoms with Gasteiger partial charge in [-0.1, -0.05) is 41.4 Å². The molecular weight excluding hydrogens is 474 g/mol. The third-order valence-corrected chi connectivity index (χ3v) is 6.89. The Hall–Kier alpha value is -2.74. The second-order valence-corrected chi connectivity index (χ2v) is 9.36. The average molecular weight is 499 g/mol. The van der Waals surface area contributed by atoms with Gasteiger partial charge in [-0.25, -0.2) is 14.4 Å². The normalized spacial score (nSPS) is 14.6. The number of fused-ring (bicyclic) bond motifs is 1. The number of hydrogen-bond acceptors (Lipinski definition) is 5. The SMILES string of the molecule is Fc1ccc(CNc2ncc3nc(-c4c(Cl)cccc4Cl)n(CCC4CCNCC4)c3n2)cc1. The molecule has 2 aromatic carbocycles. The van der Waals surface area contributed by atoms with Crippen molar-refractivity contribution in [3.8, 4) is 11.4 Å². The van der Waals surface area contributed by atoms with Crippen molar-refractivity contribution in [1.82, 2.24) is 24.8 Å². The number of halogens is 3. The number of benzene rings is 2. The van der Waals surface area contributed by atoms with Crippen molar-refractivity contribution in [1.29, 1.82) is 0 Å². The first kappa shape index (κ1) is 23.0. The standard InChI is InChI=1S/C25H25Cl2FN6/c26-19-2-1-3-20(27)22(19)24-32-21-15-31-25(30-14-17-4-6-18(28)7-5-17)33-23(21)34(24)13-10-16-8-11-29-12-9-16/h1-7,15-16,29H,8-14H2,(H,30,31,33). The molecule has 1 saturated heterocycles. The molecule has 0 atom stereocenters. The van der Waals surface area contributed by atoms with E-state index in [0.29, 0.717) is 45.4 Å². The lowest BCUT2D eigenvalue weighted by molar-refractivity contribution is 0.339. The van der Waals surface area contributed by atoms with Crippen LogP contribution in [0.4, 0.5) is 10.3 Å². The van der Waals surface area contributed by atoms with Crippen LogP contribution < -0.4 is 10.6 Å². The lowest BCUT2D eigenvalue weighted by Crippen LogP contribution is -2.28. The summed E-state index contributed by atoms with van der Waals surface area (Å²) >= 11 is 13.1. The largest absolute Gasteiger partial charge is 0.350 e. The maximum Gasteiger partial charge on any atom is 0.225 e. The molecule has 0 unspecified atom stereocenters. The molecule has 5 rings (SSSR count). The van der Waals surface area contributed by atoms with Crippen molar-refractivity contribution >= 4 is 40.3 Å². The van der Waals surface area contributed by atoms with E-state index in [-0.39, 0.29) is 5.82 Å². The maximum absolute atomic E-state index is 13.2. The molecule has 176 valence electrons. The van der Waals surface area contributed by atoms with Gasteiger partial charge in [-0.15, -0.1) is 0 Å². The Labute approximate surface area is 207 Å². The molecule has 1 aliphatic heterocycles. The zero-order chi connectivity index (χ0) is 23.5. The number of hydrogen-bond donors (Lipinski definition) is 2. The first-order chi connectivity index (χ1) is 16.6. The number of piperidine rings is 1. The number of nitrogens with zero attached hydrogens (tertiary/aromatic N) is 4. The molecule has 1 fully saturated rings. The van der Waals surface area contributed by atoms with Crippen LogP contribution in [0.2, 0.25) is 10.0 Å². The average Bonchev–Trinajstić information content (AvgIpc) is 3.20. The molecule has 1 aliphatic rings. The van der Waals surface area contributed by atoms with E-state index in [4.69, 9.17) is 33.2 Å². The Morgan fingerprint density at radius 1 is 1.03 bits per heavy atom. The highest BCUT2D eigenvalue weighted by Crippen LogP contribution is 2.36. The number of nitrogens with one attached hydrogen (secondary N) is 2. The molecule has 2 N–H and O–H groups in total. The maximum atomic E-state index is 13.2. The Kier molecular flexibility index (Phi) is 6.94. The van der Waals surface area contributed by atoms with E-state index in [1.807, 2.05) is 18.2 Å². The first-order valence-electron chi connectivity index (χ1n) is 11.4. The van der Waals surface area contributed by atoms with Crippen LogP contribution in [0, 0.1) is 11.7 Å². The van der Waals surface area contributed by atoms with Gasteiger partial charge < -0.3 is 15.2 Å². The van der Waals surface area contributed by atoms with Gasteiger partial charge in [-0.2, -0.15) is 4.98 Å². The molecular formula is C25H25Cl2FN6. The minimum atomic E-state index is -0.259. The summed E-state index contributed by atoms with van der Waals surface area (Å²) in [6.07, 6.45) is 5.05. The highest BCUT2D eigenvalue weighted by atomic mass is 35.5. The second kappa shape index (κ2) is 10.3. The number of imidazole rings is 1. The lowest BCUT2D eigenvalue weighted by Gasteiger charge is -2.23. The zero-order valence-corrected chi connectivity index (χ0v) is 20.1. The van der Waals surface area contributed by atoms with Crippen molar-refractivity contribution in [2.75, 3.05) is 18.4 Å². The minimum Gasteiger partial charge on any atom is -0.350 e. The van der Waals surface area contributed by atoms with E-state index < -0.39 is 0 Å². The smallest absolute Gasteiger partial charge is 0.225 e. The van der Waals surface area contributed by atoms with Crippen molar-refractivity contribution in [3.63, 3.8) is 0 Å². The van der Waals surface area contributed by atoms with Crippen LogP contribution in [0.25, 0.3) is 22.6 Å². The van der Waals surface area contributed by atoms with Gasteiger partial charge in [0, 0.05) is 13.1 Å². The van der Waals surface area contributed by atoms with Crippen LogP contribution in [0.15, 0.2) is 48.7 Å². The molecule has 0 bridgehead atoms. The molecule has 0 spiro atoms. The zero-order valence-electron chi connectivity index (χ0n) is 18.6. The van der Waals surface area contributed by atoms with Crippen molar-refractivity contribution in [2.24, 2.45) is 5.92 Å². The molecule has 4 aromatic rings. The summed E-state index contributed by atoms with van der Waals surface area (Å²) in [5, 5.41) is 7.75. The second-order valence-electron chi connectivity index (χ2n) is 8.55. The van der Waals surface area contributed by atoms with E-state index >= 15 is 0 Å². The van der Waals surface area contributed by atoms with Crippen LogP contribution in [-0.2, 0) is 13.1 Å². The lowest BCUT2D eigenvalue weighted by atomic mass is 9.95. The third-order valence-electron chi connectivity index (χ3n) is 6.26. The minimum absolute atomic E-state index is 0.259. The summed E-state index contributed by atoms with van der Waals surface area (Å²) in [5.41, 5.74) is 3.06. The Bertz CT molecular complexity index is 1260. The predicted octanol–water partition coefficient (Wildman–Crippen LogP) is 5.94. The molecule has 3 heterocycles. The van der Waals surface area contributed by atoms with Crippen LogP contribution in [0.1, 0.15) is 24.8 Å². The predicted molar refractivity (Wildman–Crippen MR) is 135 cm³/mol. The van der Waals surface area contributed by atoms with Crippen LogP contribution >= 0.6 is 23.2 Å². The van der Waals surface area contributed by atoms with Crippen molar-refractivity contribution in [3.05, 3.63) is 70.1 Å². The Balaban J connectivity index is 1.49. The quantitative estimate of drug-likeness (QED) is 0.330. The van der Waals surface area contributed by atoms with E-state index in [0.717, 1.165) is 50.1 Å². The van der Waals surface area contributed by atoms with Gasteiger partial charge in [-0.05, 0) is 68.1 Å². The summed E-state index contributed by atoms with van der Waals surface area (Å²) in [6, 6.07) is 11.8. The van der Waals surface area contributed by atoms with E-state index in [1.54, 1.807) is 18.3 Å². The first-order valence-corrected chi connectivity index (χ1v) is 12.2. The summed E-state index contributed by atoms with van der Waals surface area (Å²) in [7, 11) is 0. The van der Waals surface area contributed by atoms with Gasteiger partial charge in [0.15, 0.2) is 5.65 Å². The van der Waals surface area contributed by atoms with Gasteiger partial charge in [0.05, 0.1) is 21.8 Å². The topological polar surface area (TPSA) is 67.7 Å². The fourth-order valence-corrected chi connectivity index (χ4v) is 4.95. The monoisotopic (exact) mass is 498 g/mol. The molecule has 2 aromatic heterocycles. The molecule has 9 heteroatoms. The fourth-order valence-electron chi connectivity index (χ4n) is 4.38. The molecule has 0 aliphatic carbocycles. The van der Waals surface area contributed by atoms with Crippen molar-refractivity contribution in [2.45, 2.75) is 32.4 Å². The van der Waals surface area contributed by atoms with Gasteiger partial charge >= 0.3 is 0 Å². The molecule has 6 nitrogen and oxygen atoms in total. The summed E-state index contributed by atoms with van der Waals surface area (Å²) in [6.45, 7) is 3.35. The highest BCUT2D eigenvalue weighted by Gasteiger charge is 2.21. The fraction of sp³-hybridized carbons (Fsp3) is 0.320. The summed E-state index contributed by atoms with van der Waals surface area (Å²) < 4.78 is 15.3. The van der Waals surface area contributed by atoms with E-state index in [2.05, 4.69) is 20.2 Å². The summed E-state index contributed by atoms with van der Waals surface area (Å²) in [5.74, 6) is 1.57. The Morgan fingerprint density at radius 2 is 1.76 bits per heavy atom. The van der Waals surface area contributed by atoms with Gasteiger partial charge in [0.1, 0.15) is 17.2 Å². The summed E-state index contributed by atoms with van der Waals surface area (Å²) in [4.78, 5) is 14.0. The number of anilines is 1. The van der Waals surface area contributed by atoms with Crippen LogP contribution in [0.5, 0.6) is 0 Å². The van der Waals surface area contributed by atoms with Crippen molar-refractivity contribution < 1.29 is 4.39 Å². The van der Waals surface area contributed by atoms with Gasteiger partial charge in [0.2, 0.25) is 5.95 Å².